The molecule has 1 nitrogen and oxygen atoms in total. The van der Waals surface area contributed by atoms with E-state index in [0.717, 1.165) is 12.3 Å². The summed E-state index contributed by atoms with van der Waals surface area (Å²) < 4.78 is 0. The predicted octanol–water partition coefficient (Wildman–Crippen LogP) is 3.24. The Morgan fingerprint density at radius 2 is 2.00 bits per heavy atom. The lowest BCUT2D eigenvalue weighted by molar-refractivity contribution is 1.13. The minimum absolute atomic E-state index is 0.854. The first kappa shape index (κ1) is 12.8. The van der Waals surface area contributed by atoms with Crippen LogP contribution < -0.4 is 0 Å². The molecule has 0 rings (SSSR count). The van der Waals surface area contributed by atoms with Crippen molar-refractivity contribution in [3.05, 3.63) is 24.8 Å². The number of allylic oxidation sites excluding steroid dienone is 3. The van der Waals surface area contributed by atoms with Gasteiger partial charge in [0, 0.05) is 12.3 Å². The Kier molecular flexibility index (Phi) is 13.8. The Hall–Kier alpha value is -0.850. The van der Waals surface area contributed by atoms with Gasteiger partial charge in [0.05, 0.1) is 0 Å². The van der Waals surface area contributed by atoms with Crippen LogP contribution in [0, 0.1) is 0 Å². The second kappa shape index (κ2) is 11.9. The highest BCUT2D eigenvalue weighted by Gasteiger charge is 1.76. The molecule has 0 aromatic rings. The molecule has 0 radical (unpaired) electrons. The van der Waals surface area contributed by atoms with E-state index in [4.69, 9.17) is 0 Å². The van der Waals surface area contributed by atoms with E-state index in [9.17, 15) is 0 Å². The van der Waals surface area contributed by atoms with Crippen molar-refractivity contribution in [2.24, 2.45) is 4.99 Å². The fourth-order valence-corrected chi connectivity index (χ4v) is 0.509. The van der Waals surface area contributed by atoms with Crippen LogP contribution in [0.15, 0.2) is 29.8 Å². The van der Waals surface area contributed by atoms with E-state index in [0.29, 0.717) is 0 Å². The third-order valence-electron chi connectivity index (χ3n) is 0.881. The predicted molar refractivity (Wildman–Crippen MR) is 54.3 cm³/mol. The van der Waals surface area contributed by atoms with Crippen molar-refractivity contribution < 1.29 is 0 Å². The Morgan fingerprint density at radius 3 is 2.36 bits per heavy atom. The van der Waals surface area contributed by atoms with Gasteiger partial charge < -0.3 is 0 Å². The number of rotatable bonds is 3. The van der Waals surface area contributed by atoms with Crippen LogP contribution in [0.4, 0.5) is 0 Å². The summed E-state index contributed by atoms with van der Waals surface area (Å²) in [6.07, 6.45) is 5.57. The van der Waals surface area contributed by atoms with Gasteiger partial charge in [-0.05, 0) is 19.9 Å². The lowest BCUT2D eigenvalue weighted by atomic mass is 10.3. The molecular formula is C10H19N. The molecule has 0 bridgehead atoms. The van der Waals surface area contributed by atoms with Crippen LogP contribution in [-0.4, -0.2) is 12.3 Å². The van der Waals surface area contributed by atoms with E-state index in [1.807, 2.05) is 39.8 Å². The zero-order valence-electron chi connectivity index (χ0n) is 8.09. The fraction of sp³-hybridized carbons (Fsp3) is 0.500. The first-order valence-electron chi connectivity index (χ1n) is 4.11. The van der Waals surface area contributed by atoms with E-state index in [2.05, 4.69) is 11.6 Å². The number of hydrogen-bond donors (Lipinski definition) is 0. The Morgan fingerprint density at radius 1 is 1.45 bits per heavy atom. The smallest absolute Gasteiger partial charge is 0.0364 e. The molecule has 0 saturated carbocycles. The maximum Gasteiger partial charge on any atom is 0.0364 e. The summed E-state index contributed by atoms with van der Waals surface area (Å²) in [5, 5.41) is 0. The zero-order valence-corrected chi connectivity index (χ0v) is 8.09. The maximum atomic E-state index is 4.14. The van der Waals surface area contributed by atoms with Crippen molar-refractivity contribution in [3.63, 3.8) is 0 Å². The quantitative estimate of drug-likeness (QED) is 0.436. The molecular weight excluding hydrogens is 134 g/mol. The number of hydrogen-bond acceptors (Lipinski definition) is 1. The lowest BCUT2D eigenvalue weighted by Crippen LogP contribution is -1.83. The monoisotopic (exact) mass is 153 g/mol. The van der Waals surface area contributed by atoms with Crippen LogP contribution in [0.25, 0.3) is 0 Å². The van der Waals surface area contributed by atoms with E-state index in [1.165, 1.54) is 0 Å². The maximum absolute atomic E-state index is 4.14. The highest BCUT2D eigenvalue weighted by Crippen LogP contribution is 1.80. The summed E-state index contributed by atoms with van der Waals surface area (Å²) in [6, 6.07) is 0. The van der Waals surface area contributed by atoms with Crippen molar-refractivity contribution in [2.75, 3.05) is 6.54 Å². The van der Waals surface area contributed by atoms with Gasteiger partial charge in [-0.15, -0.1) is 0 Å². The van der Waals surface area contributed by atoms with Gasteiger partial charge in [-0.25, -0.2) is 0 Å². The third-order valence-corrected chi connectivity index (χ3v) is 0.881. The van der Waals surface area contributed by atoms with E-state index in [1.54, 1.807) is 6.08 Å². The summed E-state index contributed by atoms with van der Waals surface area (Å²) in [5.41, 5.74) is 1.05. The fourth-order valence-electron chi connectivity index (χ4n) is 0.509. The van der Waals surface area contributed by atoms with Crippen LogP contribution in [0.3, 0.4) is 0 Å². The van der Waals surface area contributed by atoms with Gasteiger partial charge >= 0.3 is 0 Å². The van der Waals surface area contributed by atoms with Gasteiger partial charge in [0.1, 0.15) is 0 Å². The Bertz CT molecular complexity index is 132. The average molecular weight is 153 g/mol. The molecule has 0 saturated heterocycles. The zero-order chi connectivity index (χ0) is 9.11. The largest absolute Gasteiger partial charge is 0.290 e. The molecule has 0 N–H and O–H groups in total. The summed E-state index contributed by atoms with van der Waals surface area (Å²) >= 11 is 0. The lowest BCUT2D eigenvalue weighted by Gasteiger charge is -1.85. The molecule has 0 atom stereocenters. The van der Waals surface area contributed by atoms with Crippen molar-refractivity contribution in [3.8, 4) is 0 Å². The first-order chi connectivity index (χ1) is 5.31. The van der Waals surface area contributed by atoms with E-state index >= 15 is 0 Å². The van der Waals surface area contributed by atoms with Crippen LogP contribution in [0.2, 0.25) is 0 Å². The molecule has 0 aromatic heterocycles. The minimum Gasteiger partial charge on any atom is -0.290 e. The molecule has 64 valence electrons. The number of nitrogens with zero attached hydrogens (tertiary/aromatic N) is 1. The first-order valence-corrected chi connectivity index (χ1v) is 4.11. The van der Waals surface area contributed by atoms with Gasteiger partial charge in [-0.1, -0.05) is 32.6 Å². The molecule has 0 heterocycles. The third kappa shape index (κ3) is 12.4. The molecule has 0 aliphatic heterocycles. The molecule has 0 fully saturated rings. The van der Waals surface area contributed by atoms with Gasteiger partial charge in [-0.3, -0.25) is 4.99 Å². The highest BCUT2D eigenvalue weighted by atomic mass is 14.7. The molecule has 0 aliphatic carbocycles. The van der Waals surface area contributed by atoms with Crippen molar-refractivity contribution in [1.29, 1.82) is 0 Å². The molecule has 0 aromatic carbocycles. The minimum atomic E-state index is 0.854. The van der Waals surface area contributed by atoms with Gasteiger partial charge in [0.2, 0.25) is 0 Å². The van der Waals surface area contributed by atoms with E-state index in [-0.39, 0.29) is 0 Å². The standard InChI is InChI=1S/C8H13N.C2H6/c1-4-6-7-8(3)9-5-2;1-2/h4,6-7H,1,5H2,2-3H3;1-2H3/b7-6-,9-8?;. The van der Waals surface area contributed by atoms with Gasteiger partial charge in [0.15, 0.2) is 0 Å². The Balaban J connectivity index is 0. The van der Waals surface area contributed by atoms with E-state index < -0.39 is 0 Å². The molecule has 1 heteroatoms. The van der Waals surface area contributed by atoms with Crippen LogP contribution in [0.1, 0.15) is 27.7 Å². The van der Waals surface area contributed by atoms with Crippen molar-refractivity contribution in [2.45, 2.75) is 27.7 Å². The SMILES string of the molecule is C=C/C=C\C(C)=NCC.CC. The van der Waals surface area contributed by atoms with Gasteiger partial charge in [-0.2, -0.15) is 0 Å². The molecule has 0 unspecified atom stereocenters. The summed E-state index contributed by atoms with van der Waals surface area (Å²) in [4.78, 5) is 4.14. The summed E-state index contributed by atoms with van der Waals surface area (Å²) in [6.45, 7) is 12.4. The number of aliphatic imine (C=N–C) groups is 1. The summed E-state index contributed by atoms with van der Waals surface area (Å²) in [7, 11) is 0. The van der Waals surface area contributed by atoms with Crippen LogP contribution in [0.5, 0.6) is 0 Å². The second-order valence-corrected chi connectivity index (χ2v) is 1.71. The second-order valence-electron chi connectivity index (χ2n) is 1.71. The molecule has 0 spiro atoms. The Labute approximate surface area is 70.5 Å². The molecule has 0 amide bonds. The van der Waals surface area contributed by atoms with Crippen molar-refractivity contribution >= 4 is 5.71 Å². The van der Waals surface area contributed by atoms with Gasteiger partial charge in [0.25, 0.3) is 0 Å². The molecule has 11 heavy (non-hydrogen) atoms. The highest BCUT2D eigenvalue weighted by molar-refractivity contribution is 5.92. The topological polar surface area (TPSA) is 12.4 Å². The van der Waals surface area contributed by atoms with Crippen LogP contribution in [-0.2, 0) is 0 Å². The van der Waals surface area contributed by atoms with Crippen LogP contribution >= 0.6 is 0 Å². The normalized spacial score (nSPS) is 10.7. The summed E-state index contributed by atoms with van der Waals surface area (Å²) in [5.74, 6) is 0. The molecule has 0 aliphatic rings. The van der Waals surface area contributed by atoms with Crippen molar-refractivity contribution in [1.82, 2.24) is 0 Å². The average Bonchev–Trinajstić information content (AvgIpc) is 2.05.